The van der Waals surface area contributed by atoms with E-state index in [1.807, 2.05) is 25.7 Å². The number of β-amino-alcohol motifs (C(OH)–C–C–N with tert-alkyl or cyclic N) is 1. The standard InChI is InChI=1S/C23H43N3O5/c1-23(2,3)24-22(31)26(17-11-7-6-8-12-17)14-10-5-4-9-13-25-15-19(28)21(30)20(29)18(25)16-27/h17,19-21,27-30H,4-16H2,1-3H3/p+1/t19-,20+,21?/m0/s1. The Hall–Kier alpha value is -1.22. The number of carbonyl (C=O) groups excluding carboxylic acids is 1. The first kappa shape index (κ1) is 26.0. The molecular formula is C23H44N3O5+. The quantitative estimate of drug-likeness (QED) is 0.272. The van der Waals surface area contributed by atoms with E-state index >= 15 is 0 Å². The summed E-state index contributed by atoms with van der Waals surface area (Å²) >= 11 is 0. The highest BCUT2D eigenvalue weighted by Crippen LogP contribution is 2.23. The summed E-state index contributed by atoms with van der Waals surface area (Å²) in [7, 11) is 0. The van der Waals surface area contributed by atoms with Crippen LogP contribution in [0.15, 0.2) is 0 Å². The third-order valence-corrected chi connectivity index (χ3v) is 6.37. The average molecular weight is 443 g/mol. The molecule has 0 aromatic carbocycles. The van der Waals surface area contributed by atoms with Crippen molar-refractivity contribution < 1.29 is 29.8 Å². The van der Waals surface area contributed by atoms with Gasteiger partial charge in [-0.1, -0.05) is 25.7 Å². The van der Waals surface area contributed by atoms with Gasteiger partial charge in [0, 0.05) is 24.5 Å². The molecule has 0 saturated heterocycles. The Morgan fingerprint density at radius 2 is 1.71 bits per heavy atom. The Morgan fingerprint density at radius 1 is 1.06 bits per heavy atom. The predicted octanol–water partition coefficient (Wildman–Crippen LogP) is 1.23. The fraction of sp³-hybridized carbons (Fsp3) is 0.913. The van der Waals surface area contributed by atoms with Crippen LogP contribution in [-0.2, 0) is 0 Å². The van der Waals surface area contributed by atoms with E-state index in [2.05, 4.69) is 5.32 Å². The second-order valence-electron chi connectivity index (χ2n) is 10.2. The van der Waals surface area contributed by atoms with Crippen molar-refractivity contribution in [2.75, 3.05) is 26.2 Å². The van der Waals surface area contributed by atoms with Crippen molar-refractivity contribution in [1.29, 1.82) is 0 Å². The van der Waals surface area contributed by atoms with Gasteiger partial charge in [-0.25, -0.2) is 9.37 Å². The highest BCUT2D eigenvalue weighted by atomic mass is 16.4. The van der Waals surface area contributed by atoms with Gasteiger partial charge in [0.25, 0.3) is 0 Å². The van der Waals surface area contributed by atoms with Crippen LogP contribution in [0.25, 0.3) is 0 Å². The molecule has 2 amide bonds. The first-order valence-electron chi connectivity index (χ1n) is 12.0. The molecular weight excluding hydrogens is 398 g/mol. The lowest BCUT2D eigenvalue weighted by Crippen LogP contribution is -2.55. The third kappa shape index (κ3) is 8.00. The molecule has 180 valence electrons. The summed E-state index contributed by atoms with van der Waals surface area (Å²) in [5.41, 5.74) is 0.127. The second kappa shape index (κ2) is 12.1. The van der Waals surface area contributed by atoms with E-state index in [4.69, 9.17) is 0 Å². The SMILES string of the molecule is CC(C)(C)NC(=O)N(CCCCCC[N+]1=C(CO)[C@@H](O)C(O)[C@@H](O)C1)C1CCCCC1. The summed E-state index contributed by atoms with van der Waals surface area (Å²) in [5.74, 6) is 0. The van der Waals surface area contributed by atoms with Crippen LogP contribution in [0.5, 0.6) is 0 Å². The molecule has 2 aliphatic rings. The zero-order valence-electron chi connectivity index (χ0n) is 19.6. The number of urea groups is 1. The number of hydrogen-bond donors (Lipinski definition) is 5. The van der Waals surface area contributed by atoms with Crippen LogP contribution in [0, 0.1) is 0 Å². The zero-order valence-corrected chi connectivity index (χ0v) is 19.6. The molecule has 0 bridgehead atoms. The molecule has 2 rings (SSSR count). The minimum Gasteiger partial charge on any atom is -0.387 e. The second-order valence-corrected chi connectivity index (χ2v) is 10.2. The van der Waals surface area contributed by atoms with Gasteiger partial charge in [-0.2, -0.15) is 0 Å². The lowest BCUT2D eigenvalue weighted by Gasteiger charge is -2.36. The van der Waals surface area contributed by atoms with E-state index in [1.54, 1.807) is 4.58 Å². The molecule has 5 N–H and O–H groups in total. The van der Waals surface area contributed by atoms with Gasteiger partial charge in [0.2, 0.25) is 5.71 Å². The van der Waals surface area contributed by atoms with Crippen molar-refractivity contribution in [3.8, 4) is 0 Å². The molecule has 0 spiro atoms. The zero-order chi connectivity index (χ0) is 23.0. The monoisotopic (exact) mass is 442 g/mol. The first-order valence-corrected chi connectivity index (χ1v) is 12.0. The Kier molecular flexibility index (Phi) is 10.2. The molecule has 1 fully saturated rings. The van der Waals surface area contributed by atoms with Crippen molar-refractivity contribution in [3.63, 3.8) is 0 Å². The largest absolute Gasteiger partial charge is 0.387 e. The molecule has 1 aliphatic heterocycles. The summed E-state index contributed by atoms with van der Waals surface area (Å²) in [6, 6.07) is 0.372. The minimum atomic E-state index is -1.25. The average Bonchev–Trinajstić information content (AvgIpc) is 2.71. The van der Waals surface area contributed by atoms with Crippen molar-refractivity contribution in [3.05, 3.63) is 0 Å². The first-order chi connectivity index (χ1) is 14.6. The van der Waals surface area contributed by atoms with Gasteiger partial charge in [0.15, 0.2) is 12.6 Å². The molecule has 1 heterocycles. The maximum absolute atomic E-state index is 12.9. The summed E-state index contributed by atoms with van der Waals surface area (Å²) in [6.45, 7) is 7.29. The Labute approximate surface area is 187 Å². The van der Waals surface area contributed by atoms with Gasteiger partial charge in [-0.05, 0) is 46.5 Å². The predicted molar refractivity (Wildman–Crippen MR) is 120 cm³/mol. The van der Waals surface area contributed by atoms with Gasteiger partial charge in [0.05, 0.1) is 0 Å². The molecule has 3 atom stereocenters. The summed E-state index contributed by atoms with van der Waals surface area (Å²) in [6.07, 6.45) is 6.07. The number of amides is 2. The van der Waals surface area contributed by atoms with Crippen molar-refractivity contribution in [2.24, 2.45) is 0 Å². The number of unbranched alkanes of at least 4 members (excludes halogenated alkanes) is 3. The maximum atomic E-state index is 12.9. The molecule has 8 nitrogen and oxygen atoms in total. The molecule has 1 aliphatic carbocycles. The van der Waals surface area contributed by atoms with Gasteiger partial charge >= 0.3 is 6.03 Å². The van der Waals surface area contributed by atoms with Crippen molar-refractivity contribution in [2.45, 2.75) is 108 Å². The topological polar surface area (TPSA) is 116 Å². The Bertz CT molecular complexity index is 599. The van der Waals surface area contributed by atoms with E-state index in [-0.39, 0.29) is 24.7 Å². The van der Waals surface area contributed by atoms with Crippen LogP contribution in [0.2, 0.25) is 0 Å². The Morgan fingerprint density at radius 3 is 2.32 bits per heavy atom. The van der Waals surface area contributed by atoms with Crippen LogP contribution >= 0.6 is 0 Å². The Balaban J connectivity index is 1.80. The molecule has 0 aromatic heterocycles. The van der Waals surface area contributed by atoms with Crippen LogP contribution < -0.4 is 5.32 Å². The number of aliphatic hydroxyl groups is 4. The molecule has 1 saturated carbocycles. The van der Waals surface area contributed by atoms with E-state index in [9.17, 15) is 25.2 Å². The third-order valence-electron chi connectivity index (χ3n) is 6.37. The fourth-order valence-electron chi connectivity index (χ4n) is 4.65. The molecule has 1 unspecified atom stereocenters. The number of aliphatic hydroxyl groups excluding tert-OH is 4. The van der Waals surface area contributed by atoms with Crippen LogP contribution in [0.1, 0.15) is 78.6 Å². The number of nitrogens with zero attached hydrogens (tertiary/aromatic N) is 2. The highest BCUT2D eigenvalue weighted by molar-refractivity contribution is 5.86. The normalized spacial score (nSPS) is 25.6. The van der Waals surface area contributed by atoms with Crippen molar-refractivity contribution >= 4 is 11.7 Å². The lowest BCUT2D eigenvalue weighted by atomic mass is 9.94. The van der Waals surface area contributed by atoms with Crippen LogP contribution in [-0.4, -0.2) is 97.8 Å². The minimum absolute atomic E-state index is 0.0384. The smallest absolute Gasteiger partial charge is 0.318 e. The van der Waals surface area contributed by atoms with E-state index in [0.717, 1.165) is 45.1 Å². The maximum Gasteiger partial charge on any atom is 0.318 e. The van der Waals surface area contributed by atoms with E-state index in [1.165, 1.54) is 19.3 Å². The molecule has 31 heavy (non-hydrogen) atoms. The highest BCUT2D eigenvalue weighted by Gasteiger charge is 2.40. The van der Waals surface area contributed by atoms with Crippen LogP contribution in [0.3, 0.4) is 0 Å². The number of rotatable bonds is 9. The molecule has 0 radical (unpaired) electrons. The van der Waals surface area contributed by atoms with Crippen molar-refractivity contribution in [1.82, 2.24) is 10.2 Å². The van der Waals surface area contributed by atoms with Gasteiger partial charge < -0.3 is 30.6 Å². The molecule has 8 heteroatoms. The van der Waals surface area contributed by atoms with E-state index in [0.29, 0.717) is 18.3 Å². The fourth-order valence-corrected chi connectivity index (χ4v) is 4.65. The summed E-state index contributed by atoms with van der Waals surface area (Å²) < 4.78 is 1.78. The number of carbonyl (C=O) groups is 1. The lowest BCUT2D eigenvalue weighted by molar-refractivity contribution is -0.550. The van der Waals surface area contributed by atoms with Gasteiger partial charge in [-0.15, -0.1) is 0 Å². The van der Waals surface area contributed by atoms with Crippen LogP contribution in [0.4, 0.5) is 4.79 Å². The number of hydrogen-bond acceptors (Lipinski definition) is 5. The summed E-state index contributed by atoms with van der Waals surface area (Å²) in [4.78, 5) is 14.9. The molecule has 0 aromatic rings. The van der Waals surface area contributed by atoms with E-state index < -0.39 is 18.3 Å². The summed E-state index contributed by atoms with van der Waals surface area (Å²) in [5, 5.41) is 42.4. The van der Waals surface area contributed by atoms with Gasteiger partial charge in [0.1, 0.15) is 25.4 Å². The number of nitrogens with one attached hydrogen (secondary N) is 1. The van der Waals surface area contributed by atoms with Gasteiger partial charge in [-0.3, -0.25) is 0 Å².